The molecule has 0 atom stereocenters. The maximum atomic E-state index is 4.32. The third kappa shape index (κ3) is 3.65. The van der Waals surface area contributed by atoms with Gasteiger partial charge in [0.05, 0.1) is 33.4 Å². The van der Waals surface area contributed by atoms with Crippen molar-refractivity contribution in [2.75, 3.05) is 0 Å². The number of para-hydroxylation sites is 4. The van der Waals surface area contributed by atoms with Gasteiger partial charge in [0.1, 0.15) is 0 Å². The third-order valence-corrected chi connectivity index (χ3v) is 9.51. The molecule has 2 nitrogen and oxygen atoms in total. The van der Waals surface area contributed by atoms with E-state index < -0.39 is 0 Å². The van der Waals surface area contributed by atoms with Crippen LogP contribution in [0.5, 0.6) is 0 Å². The smallest absolute Gasteiger partial charge is 0.0541 e. The lowest BCUT2D eigenvalue weighted by atomic mass is 9.90. The Morgan fingerprint density at radius 2 is 0.696 bits per heavy atom. The van der Waals surface area contributed by atoms with Crippen molar-refractivity contribution in [3.8, 4) is 22.5 Å². The van der Waals surface area contributed by atoms with Gasteiger partial charge in [0.25, 0.3) is 0 Å². The lowest BCUT2D eigenvalue weighted by Crippen LogP contribution is -2.01. The SMILES string of the molecule is C=Cc1c(-c2ccc(-n3c4ccccc4c4ccccc43)c3ccccc23)ccc(-n2c3ccccc3c3ccccc32)c1C=C. The molecule has 0 saturated heterocycles. The van der Waals surface area contributed by atoms with Gasteiger partial charge in [0.2, 0.25) is 0 Å². The molecule has 0 fully saturated rings. The highest BCUT2D eigenvalue weighted by Gasteiger charge is 2.20. The minimum absolute atomic E-state index is 1.06. The van der Waals surface area contributed by atoms with E-state index in [4.69, 9.17) is 0 Å². The van der Waals surface area contributed by atoms with E-state index in [1.54, 1.807) is 0 Å². The highest BCUT2D eigenvalue weighted by molar-refractivity contribution is 6.12. The molecule has 2 heterocycles. The maximum Gasteiger partial charge on any atom is 0.0541 e. The first-order valence-electron chi connectivity index (χ1n) is 15.7. The van der Waals surface area contributed by atoms with Crippen LogP contribution in [0.2, 0.25) is 0 Å². The summed E-state index contributed by atoms with van der Waals surface area (Å²) >= 11 is 0. The summed E-state index contributed by atoms with van der Waals surface area (Å²) < 4.78 is 4.77. The van der Waals surface area contributed by atoms with E-state index in [9.17, 15) is 0 Å². The summed E-state index contributed by atoms with van der Waals surface area (Å²) in [6, 6.07) is 52.4. The molecule has 0 bridgehead atoms. The molecule has 216 valence electrons. The maximum absolute atomic E-state index is 4.32. The van der Waals surface area contributed by atoms with Crippen LogP contribution in [0.15, 0.2) is 159 Å². The van der Waals surface area contributed by atoms with Crippen molar-refractivity contribution in [3.05, 3.63) is 170 Å². The van der Waals surface area contributed by atoms with Crippen molar-refractivity contribution < 1.29 is 0 Å². The molecule has 0 radical (unpaired) electrons. The Morgan fingerprint density at radius 3 is 1.17 bits per heavy atom. The molecule has 2 aromatic heterocycles. The van der Waals surface area contributed by atoms with E-state index in [1.165, 1.54) is 65.6 Å². The van der Waals surface area contributed by atoms with Gasteiger partial charge < -0.3 is 9.13 Å². The second kappa shape index (κ2) is 10.2. The minimum atomic E-state index is 1.06. The molecular weight excluding hydrogens is 556 g/mol. The van der Waals surface area contributed by atoms with Crippen molar-refractivity contribution in [2.24, 2.45) is 0 Å². The van der Waals surface area contributed by atoms with Crippen LogP contribution in [0.3, 0.4) is 0 Å². The molecule has 46 heavy (non-hydrogen) atoms. The Balaban J connectivity index is 1.31. The van der Waals surface area contributed by atoms with Gasteiger partial charge in [-0.2, -0.15) is 0 Å². The number of hydrogen-bond acceptors (Lipinski definition) is 0. The highest BCUT2D eigenvalue weighted by atomic mass is 15.0. The first-order valence-corrected chi connectivity index (χ1v) is 15.7. The van der Waals surface area contributed by atoms with Crippen molar-refractivity contribution in [2.45, 2.75) is 0 Å². The van der Waals surface area contributed by atoms with Crippen molar-refractivity contribution >= 4 is 66.5 Å². The molecule has 0 amide bonds. The fourth-order valence-electron chi connectivity index (χ4n) is 7.57. The number of fused-ring (bicyclic) bond motifs is 7. The van der Waals surface area contributed by atoms with E-state index >= 15 is 0 Å². The molecule has 0 aliphatic heterocycles. The standard InChI is InChI=1S/C44H30N2/c1-3-29-30(4-2)43(45-39-21-11-7-17-35(39)36-18-8-12-22-40(36)45)27-25-32(29)33-26-28-44(34-16-6-5-15-31(33)34)46-41-23-13-9-19-37(41)38-20-10-14-24-42(38)46/h3-28H,1-2H2. The zero-order valence-corrected chi connectivity index (χ0v) is 25.3. The minimum Gasteiger partial charge on any atom is -0.309 e. The molecule has 2 heteroatoms. The fraction of sp³-hybridized carbons (Fsp3) is 0. The monoisotopic (exact) mass is 586 g/mol. The van der Waals surface area contributed by atoms with Gasteiger partial charge in [-0.1, -0.05) is 135 Å². The van der Waals surface area contributed by atoms with E-state index in [0.717, 1.165) is 22.4 Å². The van der Waals surface area contributed by atoms with Gasteiger partial charge in [-0.05, 0) is 58.5 Å². The Morgan fingerprint density at radius 1 is 0.326 bits per heavy atom. The summed E-state index contributed by atoms with van der Waals surface area (Å²) in [7, 11) is 0. The van der Waals surface area contributed by atoms with Crippen molar-refractivity contribution in [1.29, 1.82) is 0 Å². The third-order valence-electron chi connectivity index (χ3n) is 9.51. The van der Waals surface area contributed by atoms with Crippen LogP contribution >= 0.6 is 0 Å². The Bertz CT molecular complexity index is 2570. The summed E-state index contributed by atoms with van der Waals surface area (Å²) in [4.78, 5) is 0. The zero-order valence-electron chi connectivity index (χ0n) is 25.3. The van der Waals surface area contributed by atoms with E-state index in [0.29, 0.717) is 0 Å². The average Bonchev–Trinajstić information content (AvgIpc) is 3.63. The summed E-state index contributed by atoms with van der Waals surface area (Å²) in [5.74, 6) is 0. The Kier molecular flexibility index (Phi) is 5.84. The van der Waals surface area contributed by atoms with Crippen molar-refractivity contribution in [3.63, 3.8) is 0 Å². The predicted molar refractivity (Wildman–Crippen MR) is 198 cm³/mol. The van der Waals surface area contributed by atoms with Crippen LogP contribution < -0.4 is 0 Å². The number of rotatable bonds is 5. The Hall–Kier alpha value is -6.12. The summed E-state index contributed by atoms with van der Waals surface area (Å²) in [6.07, 6.45) is 3.97. The van der Waals surface area contributed by atoms with Gasteiger partial charge in [-0.15, -0.1) is 0 Å². The molecule has 9 aromatic rings. The molecule has 0 aliphatic rings. The van der Waals surface area contributed by atoms with Gasteiger partial charge in [0, 0.05) is 32.5 Å². The molecule has 0 aliphatic carbocycles. The van der Waals surface area contributed by atoms with Gasteiger partial charge in [0.15, 0.2) is 0 Å². The molecule has 9 rings (SSSR count). The van der Waals surface area contributed by atoms with Gasteiger partial charge in [-0.3, -0.25) is 0 Å². The topological polar surface area (TPSA) is 9.86 Å². The predicted octanol–water partition coefficient (Wildman–Crippen LogP) is 12.0. The van der Waals surface area contributed by atoms with Gasteiger partial charge in [-0.25, -0.2) is 0 Å². The second-order valence-electron chi connectivity index (χ2n) is 11.8. The summed E-state index contributed by atoms with van der Waals surface area (Å²) in [5, 5.41) is 7.40. The van der Waals surface area contributed by atoms with Crippen LogP contribution in [-0.4, -0.2) is 9.13 Å². The summed E-state index contributed by atoms with van der Waals surface area (Å²) in [5.41, 5.74) is 11.5. The van der Waals surface area contributed by atoms with Crippen molar-refractivity contribution in [1.82, 2.24) is 9.13 Å². The number of aromatic nitrogens is 2. The molecule has 0 N–H and O–H groups in total. The molecule has 0 saturated carbocycles. The van der Waals surface area contributed by atoms with Crippen LogP contribution in [0.1, 0.15) is 11.1 Å². The Labute approximate surface area is 267 Å². The lowest BCUT2D eigenvalue weighted by Gasteiger charge is -2.19. The molecule has 0 unspecified atom stereocenters. The van der Waals surface area contributed by atoms with Crippen LogP contribution in [0, 0.1) is 0 Å². The normalized spacial score (nSPS) is 11.7. The van der Waals surface area contributed by atoms with Crippen LogP contribution in [0.25, 0.3) is 89.0 Å². The fourth-order valence-corrected chi connectivity index (χ4v) is 7.57. The summed E-state index contributed by atoms with van der Waals surface area (Å²) in [6.45, 7) is 8.63. The lowest BCUT2D eigenvalue weighted by molar-refractivity contribution is 1.17. The quantitative estimate of drug-likeness (QED) is 0.190. The average molecular weight is 587 g/mol. The first kappa shape index (κ1) is 26.3. The number of benzene rings is 7. The molecule has 7 aromatic carbocycles. The zero-order chi connectivity index (χ0) is 30.8. The second-order valence-corrected chi connectivity index (χ2v) is 11.8. The molecule has 0 spiro atoms. The molecular formula is C44H30N2. The first-order chi connectivity index (χ1) is 22.8. The highest BCUT2D eigenvalue weighted by Crippen LogP contribution is 2.41. The van der Waals surface area contributed by atoms with E-state index in [1.807, 2.05) is 12.2 Å². The van der Waals surface area contributed by atoms with Crippen LogP contribution in [-0.2, 0) is 0 Å². The number of hydrogen-bond donors (Lipinski definition) is 0. The number of nitrogens with zero attached hydrogens (tertiary/aromatic N) is 2. The van der Waals surface area contributed by atoms with Crippen LogP contribution in [0.4, 0.5) is 0 Å². The van der Waals surface area contributed by atoms with E-state index in [-0.39, 0.29) is 0 Å². The van der Waals surface area contributed by atoms with E-state index in [2.05, 4.69) is 168 Å². The van der Waals surface area contributed by atoms with Gasteiger partial charge >= 0.3 is 0 Å². The largest absolute Gasteiger partial charge is 0.309 e.